The maximum Gasteiger partial charge on any atom is 0.161 e. The summed E-state index contributed by atoms with van der Waals surface area (Å²) in [5, 5.41) is 3.48. The van der Waals surface area contributed by atoms with E-state index < -0.39 is 0 Å². The summed E-state index contributed by atoms with van der Waals surface area (Å²) in [7, 11) is 0. The molecule has 1 aromatic heterocycles. The second-order valence-electron chi connectivity index (χ2n) is 5.25. The number of aryl methyl sites for hydroxylation is 1. The monoisotopic (exact) mass is 286 g/mol. The van der Waals surface area contributed by atoms with Crippen molar-refractivity contribution in [1.82, 2.24) is 9.88 Å². The molecule has 0 spiro atoms. The van der Waals surface area contributed by atoms with E-state index in [1.807, 2.05) is 6.07 Å². The number of hydrogen-bond donors (Lipinski definition) is 1. The highest BCUT2D eigenvalue weighted by Crippen LogP contribution is 2.30. The summed E-state index contributed by atoms with van der Waals surface area (Å²) in [6, 6.07) is 8.37. The highest BCUT2D eigenvalue weighted by molar-refractivity contribution is 5.43. The van der Waals surface area contributed by atoms with Gasteiger partial charge >= 0.3 is 0 Å². The second kappa shape index (κ2) is 6.68. The van der Waals surface area contributed by atoms with Crippen LogP contribution in [-0.4, -0.2) is 24.3 Å². The number of hydrogen-bond acceptors (Lipinski definition) is 3. The second-order valence-corrected chi connectivity index (χ2v) is 5.25. The third-order valence-electron chi connectivity index (χ3n) is 3.70. The van der Waals surface area contributed by atoms with Crippen LogP contribution in [0, 0.1) is 0 Å². The van der Waals surface area contributed by atoms with Crippen LogP contribution < -0.4 is 14.8 Å². The highest BCUT2D eigenvalue weighted by atomic mass is 16.6. The molecular formula is C17H22N2O2. The molecule has 4 heteroatoms. The van der Waals surface area contributed by atoms with Gasteiger partial charge in [0.1, 0.15) is 13.2 Å². The maximum absolute atomic E-state index is 5.61. The summed E-state index contributed by atoms with van der Waals surface area (Å²) in [6.07, 6.45) is 5.31. The average Bonchev–Trinajstić information content (AvgIpc) is 2.99. The van der Waals surface area contributed by atoms with Gasteiger partial charge in [0.05, 0.1) is 0 Å². The molecule has 1 aliphatic heterocycles. The molecule has 0 atom stereocenters. The lowest BCUT2D eigenvalue weighted by atomic mass is 10.1. The Kier molecular flexibility index (Phi) is 4.46. The Morgan fingerprint density at radius 2 is 1.95 bits per heavy atom. The molecular weight excluding hydrogens is 264 g/mol. The van der Waals surface area contributed by atoms with E-state index in [-0.39, 0.29) is 0 Å². The molecule has 1 aliphatic rings. The first-order valence-corrected chi connectivity index (χ1v) is 7.59. The van der Waals surface area contributed by atoms with Gasteiger partial charge in [0.2, 0.25) is 0 Å². The predicted molar refractivity (Wildman–Crippen MR) is 82.9 cm³/mol. The SMILES string of the molecule is CCn1ccc(CNCCc2ccc3c(c2)OCCO3)c1. The maximum atomic E-state index is 5.61. The molecule has 0 amide bonds. The van der Waals surface area contributed by atoms with Crippen LogP contribution in [0.2, 0.25) is 0 Å². The topological polar surface area (TPSA) is 35.4 Å². The van der Waals surface area contributed by atoms with Crippen molar-refractivity contribution >= 4 is 0 Å². The lowest BCUT2D eigenvalue weighted by molar-refractivity contribution is 0.171. The van der Waals surface area contributed by atoms with Crippen molar-refractivity contribution in [3.05, 3.63) is 47.8 Å². The van der Waals surface area contributed by atoms with Crippen molar-refractivity contribution in [3.63, 3.8) is 0 Å². The molecule has 0 saturated heterocycles. The lowest BCUT2D eigenvalue weighted by Crippen LogP contribution is -2.17. The van der Waals surface area contributed by atoms with E-state index in [9.17, 15) is 0 Å². The largest absolute Gasteiger partial charge is 0.486 e. The lowest BCUT2D eigenvalue weighted by Gasteiger charge is -2.18. The molecule has 112 valence electrons. The first-order valence-electron chi connectivity index (χ1n) is 7.59. The van der Waals surface area contributed by atoms with E-state index in [1.54, 1.807) is 0 Å². The zero-order valence-electron chi connectivity index (χ0n) is 12.5. The van der Waals surface area contributed by atoms with Gasteiger partial charge in [-0.1, -0.05) is 6.07 Å². The Morgan fingerprint density at radius 3 is 2.76 bits per heavy atom. The molecule has 2 heterocycles. The van der Waals surface area contributed by atoms with Gasteiger partial charge in [-0.25, -0.2) is 0 Å². The molecule has 2 aromatic rings. The number of ether oxygens (including phenoxy) is 2. The third kappa shape index (κ3) is 3.58. The summed E-state index contributed by atoms with van der Waals surface area (Å²) in [5.74, 6) is 1.73. The van der Waals surface area contributed by atoms with Gasteiger partial charge in [-0.15, -0.1) is 0 Å². The fourth-order valence-corrected chi connectivity index (χ4v) is 2.50. The van der Waals surface area contributed by atoms with Crippen LogP contribution in [0.3, 0.4) is 0 Å². The van der Waals surface area contributed by atoms with Crippen LogP contribution in [-0.2, 0) is 19.5 Å². The van der Waals surface area contributed by atoms with E-state index in [0.717, 1.165) is 37.6 Å². The zero-order chi connectivity index (χ0) is 14.5. The minimum Gasteiger partial charge on any atom is -0.486 e. The van der Waals surface area contributed by atoms with Gasteiger partial charge in [0.25, 0.3) is 0 Å². The molecule has 0 saturated carbocycles. The quantitative estimate of drug-likeness (QED) is 0.829. The molecule has 4 nitrogen and oxygen atoms in total. The first kappa shape index (κ1) is 14.0. The Morgan fingerprint density at radius 1 is 1.10 bits per heavy atom. The van der Waals surface area contributed by atoms with Gasteiger partial charge in [-0.2, -0.15) is 0 Å². The molecule has 0 radical (unpaired) electrons. The van der Waals surface area contributed by atoms with Crippen LogP contribution in [0.4, 0.5) is 0 Å². The summed E-state index contributed by atoms with van der Waals surface area (Å²) >= 11 is 0. The molecule has 0 unspecified atom stereocenters. The fourth-order valence-electron chi connectivity index (χ4n) is 2.50. The minimum atomic E-state index is 0.642. The number of aromatic nitrogens is 1. The van der Waals surface area contributed by atoms with Gasteiger partial charge in [-0.3, -0.25) is 0 Å². The number of benzene rings is 1. The molecule has 0 fully saturated rings. The highest BCUT2D eigenvalue weighted by Gasteiger charge is 2.11. The Balaban J connectivity index is 1.47. The molecule has 0 bridgehead atoms. The normalized spacial score (nSPS) is 13.4. The van der Waals surface area contributed by atoms with E-state index in [4.69, 9.17) is 9.47 Å². The van der Waals surface area contributed by atoms with Crippen molar-refractivity contribution in [2.75, 3.05) is 19.8 Å². The molecule has 1 aromatic carbocycles. The van der Waals surface area contributed by atoms with Crippen molar-refractivity contribution in [2.24, 2.45) is 0 Å². The average molecular weight is 286 g/mol. The van der Waals surface area contributed by atoms with Crippen LogP contribution >= 0.6 is 0 Å². The van der Waals surface area contributed by atoms with E-state index in [2.05, 4.69) is 47.4 Å². The first-order chi connectivity index (χ1) is 10.3. The van der Waals surface area contributed by atoms with Crippen molar-refractivity contribution in [1.29, 1.82) is 0 Å². The molecule has 0 aliphatic carbocycles. The Bertz CT molecular complexity index is 592. The van der Waals surface area contributed by atoms with Crippen LogP contribution in [0.5, 0.6) is 11.5 Å². The molecule has 1 N–H and O–H groups in total. The Hall–Kier alpha value is -1.94. The number of nitrogens with zero attached hydrogens (tertiary/aromatic N) is 1. The Labute approximate surface area is 125 Å². The number of rotatable bonds is 6. The van der Waals surface area contributed by atoms with E-state index in [1.165, 1.54) is 11.1 Å². The van der Waals surface area contributed by atoms with Crippen LogP contribution in [0.1, 0.15) is 18.1 Å². The minimum absolute atomic E-state index is 0.642. The van der Waals surface area contributed by atoms with E-state index >= 15 is 0 Å². The van der Waals surface area contributed by atoms with Crippen molar-refractivity contribution in [2.45, 2.75) is 26.4 Å². The van der Waals surface area contributed by atoms with Gasteiger partial charge in [-0.05, 0) is 49.2 Å². The summed E-state index contributed by atoms with van der Waals surface area (Å²) in [6.45, 7) is 6.33. The summed E-state index contributed by atoms with van der Waals surface area (Å²) in [5.41, 5.74) is 2.61. The molecule has 3 rings (SSSR count). The standard InChI is InChI=1S/C17H22N2O2/c1-2-19-8-6-15(13-19)12-18-7-5-14-3-4-16-17(11-14)21-10-9-20-16/h3-4,6,8,11,13,18H,2,5,7,9-10,12H2,1H3. The zero-order valence-corrected chi connectivity index (χ0v) is 12.5. The fraction of sp³-hybridized carbons (Fsp3) is 0.412. The predicted octanol–water partition coefficient (Wildman–Crippen LogP) is 2.61. The summed E-state index contributed by atoms with van der Waals surface area (Å²) in [4.78, 5) is 0. The van der Waals surface area contributed by atoms with Gasteiger partial charge < -0.3 is 19.4 Å². The van der Waals surface area contributed by atoms with Crippen LogP contribution in [0.25, 0.3) is 0 Å². The van der Waals surface area contributed by atoms with Gasteiger partial charge in [0, 0.05) is 25.5 Å². The van der Waals surface area contributed by atoms with Crippen LogP contribution in [0.15, 0.2) is 36.7 Å². The van der Waals surface area contributed by atoms with E-state index in [0.29, 0.717) is 13.2 Å². The van der Waals surface area contributed by atoms with Gasteiger partial charge in [0.15, 0.2) is 11.5 Å². The van der Waals surface area contributed by atoms with Crippen molar-refractivity contribution in [3.8, 4) is 11.5 Å². The van der Waals surface area contributed by atoms with Crippen molar-refractivity contribution < 1.29 is 9.47 Å². The molecule has 21 heavy (non-hydrogen) atoms. The number of fused-ring (bicyclic) bond motifs is 1. The number of nitrogens with one attached hydrogen (secondary N) is 1. The summed E-state index contributed by atoms with van der Waals surface area (Å²) < 4.78 is 13.3. The smallest absolute Gasteiger partial charge is 0.161 e. The third-order valence-corrected chi connectivity index (χ3v) is 3.70.